The smallest absolute Gasteiger partial charge is 0.251 e. The minimum absolute atomic E-state index is 0.0912. The fourth-order valence-electron chi connectivity index (χ4n) is 3.45. The van der Waals surface area contributed by atoms with Crippen molar-refractivity contribution in [2.24, 2.45) is 5.41 Å². The van der Waals surface area contributed by atoms with Gasteiger partial charge in [0.05, 0.1) is 0 Å². The number of carbonyl (C=O) groups excluding carboxylic acids is 1. The predicted octanol–water partition coefficient (Wildman–Crippen LogP) is 3.91. The number of rotatable bonds is 6. The number of benzene rings is 2. The summed E-state index contributed by atoms with van der Waals surface area (Å²) in [6.07, 6.45) is 5.92. The fraction of sp³-hybridized carbons (Fsp3) is 0.273. The Morgan fingerprint density at radius 3 is 2.79 bits per heavy atom. The van der Waals surface area contributed by atoms with E-state index in [0.717, 1.165) is 31.3 Å². The standard InChI is InChI=1S/C22H22FN3O2/c1-15-24-9-10-26(15)14-22(7-8-22)13-25-21(28)17-4-2-3-16(11-17)19-6-5-18(23)12-20(19)27/h2-6,9-12,27H,7-8,13-14H2,1H3,(H,25,28). The quantitative estimate of drug-likeness (QED) is 0.682. The zero-order valence-electron chi connectivity index (χ0n) is 15.7. The van der Waals surface area contributed by atoms with Crippen LogP contribution in [-0.4, -0.2) is 27.1 Å². The van der Waals surface area contributed by atoms with Gasteiger partial charge in [-0.15, -0.1) is 0 Å². The van der Waals surface area contributed by atoms with Gasteiger partial charge in [-0.05, 0) is 49.6 Å². The van der Waals surface area contributed by atoms with Gasteiger partial charge in [0.1, 0.15) is 17.4 Å². The summed E-state index contributed by atoms with van der Waals surface area (Å²) < 4.78 is 15.3. The van der Waals surface area contributed by atoms with Crippen LogP contribution < -0.4 is 5.32 Å². The van der Waals surface area contributed by atoms with Gasteiger partial charge in [0.2, 0.25) is 0 Å². The minimum Gasteiger partial charge on any atom is -0.507 e. The van der Waals surface area contributed by atoms with E-state index in [1.54, 1.807) is 30.5 Å². The Hall–Kier alpha value is -3.15. The van der Waals surface area contributed by atoms with Gasteiger partial charge in [0.15, 0.2) is 0 Å². The molecule has 1 heterocycles. The highest BCUT2D eigenvalue weighted by Gasteiger charge is 2.43. The first-order valence-corrected chi connectivity index (χ1v) is 9.31. The zero-order chi connectivity index (χ0) is 19.7. The molecule has 1 aliphatic rings. The lowest BCUT2D eigenvalue weighted by molar-refractivity contribution is 0.0943. The van der Waals surface area contributed by atoms with Gasteiger partial charge in [-0.3, -0.25) is 4.79 Å². The number of phenolic OH excluding ortho intramolecular Hbond substituents is 1. The van der Waals surface area contributed by atoms with Crippen LogP contribution in [-0.2, 0) is 6.54 Å². The van der Waals surface area contributed by atoms with Crippen molar-refractivity contribution in [3.05, 3.63) is 72.1 Å². The van der Waals surface area contributed by atoms with E-state index in [1.165, 1.54) is 12.1 Å². The number of hydrogen-bond acceptors (Lipinski definition) is 3. The van der Waals surface area contributed by atoms with E-state index >= 15 is 0 Å². The van der Waals surface area contributed by atoms with Crippen molar-refractivity contribution in [2.45, 2.75) is 26.3 Å². The summed E-state index contributed by atoms with van der Waals surface area (Å²) in [4.78, 5) is 16.9. The number of carbonyl (C=O) groups is 1. The Morgan fingerprint density at radius 2 is 2.11 bits per heavy atom. The molecule has 0 unspecified atom stereocenters. The maximum atomic E-state index is 13.2. The molecule has 0 aliphatic heterocycles. The molecule has 2 N–H and O–H groups in total. The van der Waals surface area contributed by atoms with E-state index in [9.17, 15) is 14.3 Å². The molecule has 0 spiro atoms. The van der Waals surface area contributed by atoms with Crippen molar-refractivity contribution in [1.82, 2.24) is 14.9 Å². The lowest BCUT2D eigenvalue weighted by Gasteiger charge is -2.18. The Labute approximate surface area is 162 Å². The van der Waals surface area contributed by atoms with Gasteiger partial charge < -0.3 is 15.0 Å². The lowest BCUT2D eigenvalue weighted by atomic mass is 10.0. The molecule has 1 aromatic heterocycles. The molecule has 2 aromatic carbocycles. The minimum atomic E-state index is -0.502. The van der Waals surface area contributed by atoms with E-state index in [1.807, 2.05) is 13.1 Å². The summed E-state index contributed by atoms with van der Waals surface area (Å²) in [7, 11) is 0. The largest absolute Gasteiger partial charge is 0.507 e. The highest BCUT2D eigenvalue weighted by atomic mass is 19.1. The number of imidazole rings is 1. The number of amides is 1. The fourth-order valence-corrected chi connectivity index (χ4v) is 3.45. The first-order chi connectivity index (χ1) is 13.5. The topological polar surface area (TPSA) is 67.2 Å². The number of aromatic hydroxyl groups is 1. The number of nitrogens with one attached hydrogen (secondary N) is 1. The van der Waals surface area contributed by atoms with Crippen molar-refractivity contribution >= 4 is 5.91 Å². The van der Waals surface area contributed by atoms with Crippen molar-refractivity contribution in [2.75, 3.05) is 6.54 Å². The number of aromatic nitrogens is 2. The van der Waals surface area contributed by atoms with E-state index in [2.05, 4.69) is 14.9 Å². The molecule has 0 saturated heterocycles. The second-order valence-electron chi connectivity index (χ2n) is 7.53. The average molecular weight is 379 g/mol. The van der Waals surface area contributed by atoms with Gasteiger partial charge in [-0.2, -0.15) is 0 Å². The van der Waals surface area contributed by atoms with E-state index in [0.29, 0.717) is 23.2 Å². The maximum Gasteiger partial charge on any atom is 0.251 e. The molecule has 5 nitrogen and oxygen atoms in total. The van der Waals surface area contributed by atoms with Gasteiger partial charge in [0.25, 0.3) is 5.91 Å². The number of phenols is 1. The summed E-state index contributed by atoms with van der Waals surface area (Å²) in [5, 5.41) is 13.0. The molecule has 28 heavy (non-hydrogen) atoms. The molecule has 0 atom stereocenters. The van der Waals surface area contributed by atoms with Gasteiger partial charge in [0, 0.05) is 48.1 Å². The first-order valence-electron chi connectivity index (χ1n) is 9.31. The predicted molar refractivity (Wildman–Crippen MR) is 104 cm³/mol. The van der Waals surface area contributed by atoms with E-state index < -0.39 is 5.82 Å². The van der Waals surface area contributed by atoms with Crippen molar-refractivity contribution in [1.29, 1.82) is 0 Å². The molecule has 144 valence electrons. The van der Waals surface area contributed by atoms with Crippen LogP contribution in [0.25, 0.3) is 11.1 Å². The van der Waals surface area contributed by atoms with Crippen LogP contribution in [0.3, 0.4) is 0 Å². The van der Waals surface area contributed by atoms with Gasteiger partial charge >= 0.3 is 0 Å². The van der Waals surface area contributed by atoms with Crippen molar-refractivity contribution in [3.63, 3.8) is 0 Å². The number of hydrogen-bond donors (Lipinski definition) is 2. The third-order valence-electron chi connectivity index (χ3n) is 5.41. The normalized spacial score (nSPS) is 14.6. The summed E-state index contributed by atoms with van der Waals surface area (Å²) >= 11 is 0. The van der Waals surface area contributed by atoms with Gasteiger partial charge in [-0.1, -0.05) is 12.1 Å². The molecular formula is C22H22FN3O2. The van der Waals surface area contributed by atoms with Crippen molar-refractivity contribution < 1.29 is 14.3 Å². The molecule has 3 aromatic rings. The van der Waals surface area contributed by atoms with Crippen LogP contribution >= 0.6 is 0 Å². The Balaban J connectivity index is 1.45. The molecule has 4 rings (SSSR count). The maximum absolute atomic E-state index is 13.2. The monoisotopic (exact) mass is 379 g/mol. The molecule has 1 aliphatic carbocycles. The number of nitrogens with zero attached hydrogens (tertiary/aromatic N) is 2. The van der Waals surface area contributed by atoms with E-state index in [-0.39, 0.29) is 17.1 Å². The molecular weight excluding hydrogens is 357 g/mol. The third kappa shape index (κ3) is 3.76. The SMILES string of the molecule is Cc1nccn1CC1(CNC(=O)c2cccc(-c3ccc(F)cc3O)c2)CC1. The zero-order valence-corrected chi connectivity index (χ0v) is 15.7. The number of aryl methyl sites for hydroxylation is 1. The summed E-state index contributed by atoms with van der Waals surface area (Å²) in [6.45, 7) is 3.43. The number of halogens is 1. The van der Waals surface area contributed by atoms with Crippen LogP contribution in [0.1, 0.15) is 29.0 Å². The van der Waals surface area contributed by atoms with Crippen LogP contribution in [0.4, 0.5) is 4.39 Å². The lowest BCUT2D eigenvalue weighted by Crippen LogP contribution is -2.32. The molecule has 0 radical (unpaired) electrons. The molecule has 0 bridgehead atoms. The molecule has 1 saturated carbocycles. The summed E-state index contributed by atoms with van der Waals surface area (Å²) in [5.41, 5.74) is 1.76. The van der Waals surface area contributed by atoms with Crippen LogP contribution in [0.5, 0.6) is 5.75 Å². The summed E-state index contributed by atoms with van der Waals surface area (Å²) in [6, 6.07) is 10.9. The van der Waals surface area contributed by atoms with Gasteiger partial charge in [-0.25, -0.2) is 9.37 Å². The highest BCUT2D eigenvalue weighted by molar-refractivity contribution is 5.95. The second kappa shape index (κ2) is 7.11. The molecule has 6 heteroatoms. The Morgan fingerprint density at radius 1 is 1.29 bits per heavy atom. The first kappa shape index (κ1) is 18.2. The van der Waals surface area contributed by atoms with Crippen LogP contribution in [0, 0.1) is 18.2 Å². The van der Waals surface area contributed by atoms with Crippen LogP contribution in [0.15, 0.2) is 54.9 Å². The molecule has 1 amide bonds. The third-order valence-corrected chi connectivity index (χ3v) is 5.41. The van der Waals surface area contributed by atoms with E-state index in [4.69, 9.17) is 0 Å². The molecule has 1 fully saturated rings. The van der Waals surface area contributed by atoms with Crippen molar-refractivity contribution in [3.8, 4) is 16.9 Å². The Bertz CT molecular complexity index is 1020. The second-order valence-corrected chi connectivity index (χ2v) is 7.53. The summed E-state index contributed by atoms with van der Waals surface area (Å²) in [5.74, 6) is 0.171. The Kier molecular flexibility index (Phi) is 4.63. The average Bonchev–Trinajstić information content (AvgIpc) is 3.34. The highest BCUT2D eigenvalue weighted by Crippen LogP contribution is 2.46. The van der Waals surface area contributed by atoms with Crippen LogP contribution in [0.2, 0.25) is 0 Å².